The monoisotopic (exact) mass is 388 g/mol. The van der Waals surface area contributed by atoms with Crippen molar-refractivity contribution in [1.29, 1.82) is 0 Å². The molecule has 0 atom stereocenters. The predicted octanol–water partition coefficient (Wildman–Crippen LogP) is 3.85. The van der Waals surface area contributed by atoms with Crippen LogP contribution in [0.5, 0.6) is 0 Å². The summed E-state index contributed by atoms with van der Waals surface area (Å²) in [6, 6.07) is 2.68. The van der Waals surface area contributed by atoms with Crippen molar-refractivity contribution in [3.63, 3.8) is 0 Å². The molecule has 6 nitrogen and oxygen atoms in total. The van der Waals surface area contributed by atoms with E-state index in [1.165, 1.54) is 12.4 Å². The second-order valence-electron chi connectivity index (χ2n) is 5.21. The van der Waals surface area contributed by atoms with Gasteiger partial charge in [0.1, 0.15) is 0 Å². The summed E-state index contributed by atoms with van der Waals surface area (Å²) in [6.07, 6.45) is -1.25. The van der Waals surface area contributed by atoms with Crippen molar-refractivity contribution < 1.29 is 22.7 Å². The van der Waals surface area contributed by atoms with Crippen molar-refractivity contribution in [3.05, 3.63) is 46.7 Å². The summed E-state index contributed by atoms with van der Waals surface area (Å²) in [5.41, 5.74) is -0.974. The van der Waals surface area contributed by atoms with E-state index in [0.29, 0.717) is 19.1 Å². The van der Waals surface area contributed by atoms with Gasteiger partial charge in [0, 0.05) is 32.7 Å². The van der Waals surface area contributed by atoms with Gasteiger partial charge in [-0.25, -0.2) is 9.97 Å². The molecule has 2 rings (SSSR count). The lowest BCUT2D eigenvalue weighted by Crippen LogP contribution is -2.15. The minimum atomic E-state index is -4.54. The van der Waals surface area contributed by atoms with Gasteiger partial charge >= 0.3 is 6.18 Å². The van der Waals surface area contributed by atoms with Gasteiger partial charge in [-0.3, -0.25) is 4.79 Å². The van der Waals surface area contributed by atoms with Gasteiger partial charge in [0.25, 0.3) is 5.91 Å². The molecule has 26 heavy (non-hydrogen) atoms. The molecule has 1 heterocycles. The summed E-state index contributed by atoms with van der Waals surface area (Å²) in [5, 5.41) is 5.27. The molecule has 2 N–H and O–H groups in total. The molecule has 0 fully saturated rings. The molecular weight excluding hydrogens is 373 g/mol. The van der Waals surface area contributed by atoms with E-state index in [2.05, 4.69) is 20.6 Å². The molecule has 10 heteroatoms. The number of hydrogen-bond donors (Lipinski definition) is 2. The fourth-order valence-electron chi connectivity index (χ4n) is 1.95. The Morgan fingerprint density at radius 2 is 1.96 bits per heavy atom. The van der Waals surface area contributed by atoms with Crippen molar-refractivity contribution in [2.45, 2.75) is 12.6 Å². The van der Waals surface area contributed by atoms with E-state index in [-0.39, 0.29) is 16.3 Å². The second-order valence-corrected chi connectivity index (χ2v) is 5.62. The van der Waals surface area contributed by atoms with E-state index in [4.69, 9.17) is 16.3 Å². The van der Waals surface area contributed by atoms with Gasteiger partial charge < -0.3 is 15.4 Å². The molecule has 1 aromatic carbocycles. The molecular formula is C16H16ClF3N4O2. The first-order chi connectivity index (χ1) is 12.3. The molecule has 0 aliphatic rings. The molecule has 0 radical (unpaired) electrons. The van der Waals surface area contributed by atoms with E-state index in [9.17, 15) is 18.0 Å². The van der Waals surface area contributed by atoms with E-state index in [0.717, 1.165) is 24.6 Å². The summed E-state index contributed by atoms with van der Waals surface area (Å²) in [7, 11) is 1.60. The van der Waals surface area contributed by atoms with Crippen LogP contribution < -0.4 is 10.6 Å². The van der Waals surface area contributed by atoms with Crippen LogP contribution in [0.25, 0.3) is 0 Å². The van der Waals surface area contributed by atoms with Crippen molar-refractivity contribution in [3.8, 4) is 0 Å². The number of nitrogens with zero attached hydrogens (tertiary/aromatic N) is 2. The number of hydrogen-bond acceptors (Lipinski definition) is 5. The van der Waals surface area contributed by atoms with Gasteiger partial charge in [0.15, 0.2) is 0 Å². The van der Waals surface area contributed by atoms with Crippen molar-refractivity contribution in [1.82, 2.24) is 9.97 Å². The van der Waals surface area contributed by atoms with Gasteiger partial charge in [-0.1, -0.05) is 11.6 Å². The molecule has 0 bridgehead atoms. The number of carbonyl (C=O) groups excluding carboxylic acids is 1. The highest BCUT2D eigenvalue weighted by molar-refractivity contribution is 6.34. The third kappa shape index (κ3) is 5.57. The second kappa shape index (κ2) is 8.81. The quantitative estimate of drug-likeness (QED) is 0.704. The Labute approximate surface area is 152 Å². The van der Waals surface area contributed by atoms with Crippen LogP contribution in [0.4, 0.5) is 24.8 Å². The maximum atomic E-state index is 12.8. The van der Waals surface area contributed by atoms with Crippen LogP contribution in [0, 0.1) is 0 Å². The Balaban J connectivity index is 2.03. The molecule has 0 aliphatic heterocycles. The zero-order valence-corrected chi connectivity index (χ0v) is 14.5. The number of ether oxygens (including phenoxy) is 1. The summed E-state index contributed by atoms with van der Waals surface area (Å²) in [4.78, 5) is 20.1. The topological polar surface area (TPSA) is 76.1 Å². The van der Waals surface area contributed by atoms with Crippen LogP contribution in [0.1, 0.15) is 22.3 Å². The SMILES string of the molecule is COCCCNc1ncc(C(=O)Nc2cc(C(F)(F)F)ccc2Cl)cn1. The summed E-state index contributed by atoms with van der Waals surface area (Å²) >= 11 is 5.85. The lowest BCUT2D eigenvalue weighted by atomic mass is 10.2. The average molecular weight is 389 g/mol. The zero-order valence-electron chi connectivity index (χ0n) is 13.7. The molecule has 0 spiro atoms. The number of benzene rings is 1. The molecule has 0 unspecified atom stereocenters. The molecule has 0 saturated carbocycles. The summed E-state index contributed by atoms with van der Waals surface area (Å²) in [6.45, 7) is 1.18. The van der Waals surface area contributed by atoms with Gasteiger partial charge in [-0.05, 0) is 24.6 Å². The molecule has 2 aromatic rings. The van der Waals surface area contributed by atoms with Crippen molar-refractivity contribution in [2.75, 3.05) is 30.9 Å². The maximum Gasteiger partial charge on any atom is 0.416 e. The first-order valence-electron chi connectivity index (χ1n) is 7.54. The van der Waals surface area contributed by atoms with Crippen LogP contribution in [0.3, 0.4) is 0 Å². The first kappa shape index (κ1) is 19.9. The summed E-state index contributed by atoms with van der Waals surface area (Å²) < 4.78 is 43.2. The summed E-state index contributed by atoms with van der Waals surface area (Å²) in [5.74, 6) is -0.341. The van der Waals surface area contributed by atoms with Crippen molar-refractivity contribution >= 4 is 29.1 Å². The number of rotatable bonds is 7. The van der Waals surface area contributed by atoms with E-state index in [1.807, 2.05) is 0 Å². The smallest absolute Gasteiger partial charge is 0.385 e. The molecule has 0 saturated heterocycles. The van der Waals surface area contributed by atoms with Gasteiger partial charge in [0.2, 0.25) is 5.95 Å². The number of anilines is 2. The highest BCUT2D eigenvalue weighted by atomic mass is 35.5. The molecule has 140 valence electrons. The Kier molecular flexibility index (Phi) is 6.76. The zero-order chi connectivity index (χ0) is 19.2. The van der Waals surface area contributed by atoms with E-state index >= 15 is 0 Å². The van der Waals surface area contributed by atoms with Crippen LogP contribution in [0.15, 0.2) is 30.6 Å². The standard InChI is InChI=1S/C16H16ClF3N4O2/c1-26-6-2-5-21-15-22-8-10(9-23-15)14(25)24-13-7-11(16(18,19)20)3-4-12(13)17/h3-4,7-9H,2,5-6H2,1H3,(H,24,25)(H,21,22,23). The number of nitrogens with one attached hydrogen (secondary N) is 2. The third-order valence-electron chi connectivity index (χ3n) is 3.26. The normalized spacial score (nSPS) is 11.3. The lowest BCUT2D eigenvalue weighted by molar-refractivity contribution is -0.137. The first-order valence-corrected chi connectivity index (χ1v) is 7.92. The van der Waals surface area contributed by atoms with Crippen LogP contribution >= 0.6 is 11.6 Å². The van der Waals surface area contributed by atoms with E-state index in [1.54, 1.807) is 7.11 Å². The Morgan fingerprint density at radius 1 is 1.27 bits per heavy atom. The number of aromatic nitrogens is 2. The number of amides is 1. The number of alkyl halides is 3. The largest absolute Gasteiger partial charge is 0.416 e. The molecule has 0 aliphatic carbocycles. The molecule has 1 aromatic heterocycles. The number of methoxy groups -OCH3 is 1. The highest BCUT2D eigenvalue weighted by Gasteiger charge is 2.31. The van der Waals surface area contributed by atoms with Crippen LogP contribution in [-0.2, 0) is 10.9 Å². The van der Waals surface area contributed by atoms with Gasteiger partial charge in [-0.15, -0.1) is 0 Å². The number of halogens is 4. The minimum absolute atomic E-state index is 0.0105. The average Bonchev–Trinajstić information content (AvgIpc) is 2.60. The minimum Gasteiger partial charge on any atom is -0.385 e. The Bertz CT molecular complexity index is 754. The fraction of sp³-hybridized carbons (Fsp3) is 0.312. The predicted molar refractivity (Wildman–Crippen MR) is 91.4 cm³/mol. The Morgan fingerprint density at radius 3 is 2.58 bits per heavy atom. The van der Waals surface area contributed by atoms with E-state index < -0.39 is 17.6 Å². The fourth-order valence-corrected chi connectivity index (χ4v) is 2.11. The van der Waals surface area contributed by atoms with Crippen LogP contribution in [0.2, 0.25) is 5.02 Å². The van der Waals surface area contributed by atoms with Gasteiger partial charge in [-0.2, -0.15) is 13.2 Å². The lowest BCUT2D eigenvalue weighted by Gasteiger charge is -2.11. The molecule has 1 amide bonds. The highest BCUT2D eigenvalue weighted by Crippen LogP contribution is 2.33. The third-order valence-corrected chi connectivity index (χ3v) is 3.59. The maximum absolute atomic E-state index is 12.8. The Hall–Kier alpha value is -2.39. The van der Waals surface area contributed by atoms with Gasteiger partial charge in [0.05, 0.1) is 21.8 Å². The van der Waals surface area contributed by atoms with Crippen LogP contribution in [-0.4, -0.2) is 36.1 Å². The van der Waals surface area contributed by atoms with Crippen molar-refractivity contribution in [2.24, 2.45) is 0 Å². The number of carbonyl (C=O) groups is 1.